The molecule has 1 aromatic rings. The van der Waals surface area contributed by atoms with E-state index in [1.54, 1.807) is 12.1 Å². The van der Waals surface area contributed by atoms with Gasteiger partial charge in [-0.3, -0.25) is 0 Å². The van der Waals surface area contributed by atoms with Crippen molar-refractivity contribution >= 4 is 0 Å². The van der Waals surface area contributed by atoms with E-state index < -0.39 is 0 Å². The second-order valence-electron chi connectivity index (χ2n) is 12.7. The Kier molecular flexibility index (Phi) is 11.2. The molecule has 4 rings (SSSR count). The van der Waals surface area contributed by atoms with Gasteiger partial charge in [0.1, 0.15) is 18.2 Å². The second-order valence-corrected chi connectivity index (χ2v) is 12.7. The Balaban J connectivity index is 1.14. The van der Waals surface area contributed by atoms with Gasteiger partial charge in [0.25, 0.3) is 0 Å². The minimum atomic E-state index is -0.0834. The standard InChI is InChI=1S/C34H53FO/c1-3-5-6-7-8-9-26-10-12-27(13-11-26)14-15-28-16-17-30-24-31(19-18-29(30)23-28)33-21-20-32(25-34(33)35)36-22-4-2/h4,20-21,25-31H,2-3,5-19,22-24H2,1H3. The third kappa shape index (κ3) is 8.09. The molecule has 36 heavy (non-hydrogen) atoms. The summed E-state index contributed by atoms with van der Waals surface area (Å²) >= 11 is 0. The average Bonchev–Trinajstić information content (AvgIpc) is 2.91. The summed E-state index contributed by atoms with van der Waals surface area (Å²) in [5.74, 6) is 5.62. The molecule has 3 aliphatic rings. The van der Waals surface area contributed by atoms with Gasteiger partial charge in [0, 0.05) is 6.07 Å². The SMILES string of the molecule is C=CCOc1ccc(C2CCC3CC(CCC4CCC(CCCCCCC)CC4)CCC3C2)c(F)c1. The molecule has 4 unspecified atom stereocenters. The lowest BCUT2D eigenvalue weighted by atomic mass is 9.63. The zero-order chi connectivity index (χ0) is 25.2. The highest BCUT2D eigenvalue weighted by Crippen LogP contribution is 2.49. The van der Waals surface area contributed by atoms with Crippen LogP contribution in [0.2, 0.25) is 0 Å². The lowest BCUT2D eigenvalue weighted by Crippen LogP contribution is -2.31. The van der Waals surface area contributed by atoms with Crippen LogP contribution in [0.3, 0.4) is 0 Å². The Hall–Kier alpha value is -1.31. The van der Waals surface area contributed by atoms with Gasteiger partial charge in [-0.05, 0) is 79.2 Å². The van der Waals surface area contributed by atoms with Crippen LogP contribution in [0.1, 0.15) is 134 Å². The molecular weight excluding hydrogens is 443 g/mol. The van der Waals surface area contributed by atoms with Crippen molar-refractivity contribution in [3.8, 4) is 5.75 Å². The van der Waals surface area contributed by atoms with Crippen LogP contribution in [0.25, 0.3) is 0 Å². The fourth-order valence-corrected chi connectivity index (χ4v) is 7.93. The highest BCUT2D eigenvalue weighted by Gasteiger charge is 2.36. The summed E-state index contributed by atoms with van der Waals surface area (Å²) in [6, 6.07) is 5.49. The number of halogens is 1. The normalized spacial score (nSPS) is 30.5. The number of fused-ring (bicyclic) bond motifs is 1. The van der Waals surface area contributed by atoms with Gasteiger partial charge in [-0.2, -0.15) is 0 Å². The number of rotatable bonds is 13. The molecule has 0 aromatic heterocycles. The van der Waals surface area contributed by atoms with Crippen LogP contribution in [0.5, 0.6) is 5.75 Å². The van der Waals surface area contributed by atoms with Crippen LogP contribution in [-0.4, -0.2) is 6.61 Å². The monoisotopic (exact) mass is 496 g/mol. The maximum absolute atomic E-state index is 14.8. The Morgan fingerprint density at radius 2 is 1.47 bits per heavy atom. The summed E-state index contributed by atoms with van der Waals surface area (Å²) < 4.78 is 20.4. The topological polar surface area (TPSA) is 9.23 Å². The predicted octanol–water partition coefficient (Wildman–Crippen LogP) is 10.6. The summed E-state index contributed by atoms with van der Waals surface area (Å²) in [5.41, 5.74) is 0.915. The molecule has 4 atom stereocenters. The summed E-state index contributed by atoms with van der Waals surface area (Å²) in [6.07, 6.45) is 27.2. The molecule has 3 saturated carbocycles. The molecule has 0 spiro atoms. The first-order chi connectivity index (χ1) is 17.7. The predicted molar refractivity (Wildman–Crippen MR) is 151 cm³/mol. The third-order valence-electron chi connectivity index (χ3n) is 10.2. The molecule has 2 heteroatoms. The molecule has 0 radical (unpaired) electrons. The molecule has 3 fully saturated rings. The van der Waals surface area contributed by atoms with Crippen LogP contribution >= 0.6 is 0 Å². The minimum Gasteiger partial charge on any atom is -0.489 e. The fraction of sp³-hybridized carbons (Fsp3) is 0.765. The number of ether oxygens (including phenoxy) is 1. The highest BCUT2D eigenvalue weighted by atomic mass is 19.1. The molecule has 0 amide bonds. The largest absolute Gasteiger partial charge is 0.489 e. The van der Waals surface area contributed by atoms with Gasteiger partial charge in [0.2, 0.25) is 0 Å². The van der Waals surface area contributed by atoms with Gasteiger partial charge in [-0.1, -0.05) is 109 Å². The van der Waals surface area contributed by atoms with Crippen molar-refractivity contribution in [1.82, 2.24) is 0 Å². The molecule has 202 valence electrons. The summed E-state index contributed by atoms with van der Waals surface area (Å²) in [4.78, 5) is 0. The number of unbranched alkanes of at least 4 members (excludes halogenated alkanes) is 4. The summed E-state index contributed by atoms with van der Waals surface area (Å²) in [6.45, 7) is 6.40. The second kappa shape index (κ2) is 14.6. The first-order valence-corrected chi connectivity index (χ1v) is 15.7. The van der Waals surface area contributed by atoms with Crippen molar-refractivity contribution in [2.75, 3.05) is 6.61 Å². The maximum Gasteiger partial charge on any atom is 0.130 e. The molecule has 0 N–H and O–H groups in total. The van der Waals surface area contributed by atoms with E-state index in [-0.39, 0.29) is 5.82 Å². The van der Waals surface area contributed by atoms with Crippen molar-refractivity contribution in [2.24, 2.45) is 29.6 Å². The first-order valence-electron chi connectivity index (χ1n) is 15.7. The van der Waals surface area contributed by atoms with E-state index >= 15 is 0 Å². The van der Waals surface area contributed by atoms with Gasteiger partial charge in [0.15, 0.2) is 0 Å². The Morgan fingerprint density at radius 1 is 0.806 bits per heavy atom. The molecule has 0 aliphatic heterocycles. The first kappa shape index (κ1) is 27.7. The van der Waals surface area contributed by atoms with Crippen molar-refractivity contribution in [3.05, 3.63) is 42.2 Å². The number of hydrogen-bond donors (Lipinski definition) is 0. The van der Waals surface area contributed by atoms with Crippen LogP contribution in [0, 0.1) is 35.4 Å². The third-order valence-corrected chi connectivity index (χ3v) is 10.2. The fourth-order valence-electron chi connectivity index (χ4n) is 7.93. The van der Waals surface area contributed by atoms with E-state index in [0.717, 1.165) is 41.6 Å². The van der Waals surface area contributed by atoms with Crippen molar-refractivity contribution in [1.29, 1.82) is 0 Å². The smallest absolute Gasteiger partial charge is 0.130 e. The van der Waals surface area contributed by atoms with Crippen LogP contribution in [0.15, 0.2) is 30.9 Å². The van der Waals surface area contributed by atoms with E-state index in [0.29, 0.717) is 18.3 Å². The van der Waals surface area contributed by atoms with Gasteiger partial charge in [0.05, 0.1) is 0 Å². The summed E-state index contributed by atoms with van der Waals surface area (Å²) in [7, 11) is 0. The Morgan fingerprint density at radius 3 is 2.22 bits per heavy atom. The van der Waals surface area contributed by atoms with Crippen LogP contribution in [0.4, 0.5) is 4.39 Å². The van der Waals surface area contributed by atoms with Gasteiger partial charge < -0.3 is 4.74 Å². The molecule has 0 saturated heterocycles. The van der Waals surface area contributed by atoms with E-state index in [4.69, 9.17) is 4.74 Å². The van der Waals surface area contributed by atoms with Crippen molar-refractivity contribution in [3.63, 3.8) is 0 Å². The lowest BCUT2D eigenvalue weighted by molar-refractivity contribution is 0.108. The van der Waals surface area contributed by atoms with Crippen LogP contribution in [-0.2, 0) is 0 Å². The minimum absolute atomic E-state index is 0.0834. The van der Waals surface area contributed by atoms with Gasteiger partial charge >= 0.3 is 0 Å². The van der Waals surface area contributed by atoms with Crippen molar-refractivity contribution in [2.45, 2.75) is 128 Å². The molecular formula is C34H53FO. The van der Waals surface area contributed by atoms with Crippen molar-refractivity contribution < 1.29 is 9.13 Å². The highest BCUT2D eigenvalue weighted by molar-refractivity contribution is 5.31. The lowest BCUT2D eigenvalue weighted by Gasteiger charge is -2.43. The van der Waals surface area contributed by atoms with Crippen LogP contribution < -0.4 is 4.74 Å². The summed E-state index contributed by atoms with van der Waals surface area (Å²) in [5, 5.41) is 0. The van der Waals surface area contributed by atoms with Gasteiger partial charge in [-0.15, -0.1) is 0 Å². The zero-order valence-electron chi connectivity index (χ0n) is 23.2. The Labute approximate surface area is 221 Å². The Bertz CT molecular complexity index is 779. The maximum atomic E-state index is 14.8. The molecule has 3 aliphatic carbocycles. The molecule has 0 bridgehead atoms. The van der Waals surface area contributed by atoms with Gasteiger partial charge in [-0.25, -0.2) is 4.39 Å². The number of benzene rings is 1. The quantitative estimate of drug-likeness (QED) is 0.195. The number of hydrogen-bond acceptors (Lipinski definition) is 1. The average molecular weight is 497 g/mol. The zero-order valence-corrected chi connectivity index (χ0v) is 23.2. The van der Waals surface area contributed by atoms with E-state index in [2.05, 4.69) is 13.5 Å². The molecule has 1 nitrogen and oxygen atoms in total. The molecule has 1 aromatic carbocycles. The molecule has 0 heterocycles. The van der Waals surface area contributed by atoms with E-state index in [9.17, 15) is 4.39 Å². The van der Waals surface area contributed by atoms with E-state index in [1.165, 1.54) is 109 Å². The van der Waals surface area contributed by atoms with E-state index in [1.807, 2.05) is 12.1 Å².